The Morgan fingerprint density at radius 2 is 1.50 bits per heavy atom. The quantitative estimate of drug-likeness (QED) is 0.617. The van der Waals surface area contributed by atoms with Gasteiger partial charge in [-0.1, -0.05) is 60.7 Å². The number of methoxy groups -OCH3 is 1. The number of benzene rings is 3. The van der Waals surface area contributed by atoms with E-state index in [4.69, 9.17) is 18.9 Å². The highest BCUT2D eigenvalue weighted by molar-refractivity contribution is 5.91. The predicted molar refractivity (Wildman–Crippen MR) is 104 cm³/mol. The van der Waals surface area contributed by atoms with Crippen molar-refractivity contribution in [3.63, 3.8) is 0 Å². The molecule has 0 bridgehead atoms. The molecule has 0 radical (unpaired) electrons. The smallest absolute Gasteiger partial charge is 0.339 e. The summed E-state index contributed by atoms with van der Waals surface area (Å²) < 4.78 is 22.5. The van der Waals surface area contributed by atoms with Gasteiger partial charge in [-0.05, 0) is 23.3 Å². The molecule has 0 atom stereocenters. The van der Waals surface area contributed by atoms with Gasteiger partial charge in [-0.2, -0.15) is 0 Å². The number of carbonyl (C=O) groups is 1. The zero-order valence-electron chi connectivity index (χ0n) is 15.5. The van der Waals surface area contributed by atoms with Gasteiger partial charge >= 0.3 is 5.97 Å². The van der Waals surface area contributed by atoms with Crippen LogP contribution in [0, 0.1) is 0 Å². The van der Waals surface area contributed by atoms with Crippen LogP contribution in [0.25, 0.3) is 0 Å². The minimum absolute atomic E-state index is 0.345. The monoisotopic (exact) mass is 376 g/mol. The second-order valence-electron chi connectivity index (χ2n) is 6.31. The maximum Gasteiger partial charge on any atom is 0.339 e. The Kier molecular flexibility index (Phi) is 5.15. The van der Waals surface area contributed by atoms with E-state index < -0.39 is 12.1 Å². The Morgan fingerprint density at radius 3 is 2.11 bits per heavy atom. The Labute approximate surface area is 163 Å². The van der Waals surface area contributed by atoms with Gasteiger partial charge in [0.05, 0.1) is 12.7 Å². The third kappa shape index (κ3) is 3.64. The molecule has 0 unspecified atom stereocenters. The number of rotatable bonds is 5. The number of hydrogen-bond acceptors (Lipinski definition) is 5. The summed E-state index contributed by atoms with van der Waals surface area (Å²) >= 11 is 0. The fraction of sp³-hybridized carbons (Fsp3) is 0.174. The molecule has 28 heavy (non-hydrogen) atoms. The van der Waals surface area contributed by atoms with Gasteiger partial charge in [-0.15, -0.1) is 0 Å². The van der Waals surface area contributed by atoms with E-state index in [2.05, 4.69) is 0 Å². The molecule has 0 spiro atoms. The summed E-state index contributed by atoms with van der Waals surface area (Å²) in [4.78, 5) is 13.0. The first-order valence-corrected chi connectivity index (χ1v) is 9.05. The molecule has 3 aromatic carbocycles. The lowest BCUT2D eigenvalue weighted by Gasteiger charge is -2.22. The molecule has 1 aliphatic rings. The fourth-order valence-corrected chi connectivity index (χ4v) is 3.15. The molecule has 0 aromatic heterocycles. The average Bonchev–Trinajstić information content (AvgIpc) is 2.77. The molecule has 5 nitrogen and oxygen atoms in total. The van der Waals surface area contributed by atoms with Gasteiger partial charge in [-0.3, -0.25) is 0 Å². The van der Waals surface area contributed by atoms with Crippen molar-refractivity contribution in [2.24, 2.45) is 0 Å². The third-order valence-corrected chi connectivity index (χ3v) is 4.49. The molecule has 5 heteroatoms. The van der Waals surface area contributed by atoms with E-state index in [0.717, 1.165) is 11.1 Å². The first kappa shape index (κ1) is 17.9. The van der Waals surface area contributed by atoms with E-state index in [-0.39, 0.29) is 0 Å². The van der Waals surface area contributed by atoms with Crippen LogP contribution in [-0.4, -0.2) is 26.3 Å². The number of hydrogen-bond donors (Lipinski definition) is 0. The predicted octanol–water partition coefficient (Wildman–Crippen LogP) is 4.41. The highest BCUT2D eigenvalue weighted by Gasteiger charge is 2.24. The highest BCUT2D eigenvalue weighted by atomic mass is 16.6. The molecule has 1 aliphatic heterocycles. The van der Waals surface area contributed by atoms with Crippen LogP contribution in [0.1, 0.15) is 27.6 Å². The molecule has 0 N–H and O–H groups in total. The number of carbonyl (C=O) groups excluding carboxylic acids is 1. The fourth-order valence-electron chi connectivity index (χ4n) is 3.15. The SMILES string of the molecule is COc1cc(C(=O)OC(c2ccccc2)c2ccccc2)cc2c1OCCO2. The lowest BCUT2D eigenvalue weighted by molar-refractivity contribution is 0.0376. The highest BCUT2D eigenvalue weighted by Crippen LogP contribution is 2.41. The molecule has 142 valence electrons. The molecule has 3 aromatic rings. The van der Waals surface area contributed by atoms with Crippen LogP contribution in [0.5, 0.6) is 17.2 Å². The Morgan fingerprint density at radius 1 is 0.893 bits per heavy atom. The zero-order valence-corrected chi connectivity index (χ0v) is 15.5. The van der Waals surface area contributed by atoms with E-state index in [1.807, 2.05) is 60.7 Å². The van der Waals surface area contributed by atoms with Gasteiger partial charge in [0.25, 0.3) is 0 Å². The van der Waals surface area contributed by atoms with Gasteiger partial charge in [0.15, 0.2) is 17.6 Å². The van der Waals surface area contributed by atoms with E-state index in [0.29, 0.717) is 36.0 Å². The summed E-state index contributed by atoms with van der Waals surface area (Å²) in [5.74, 6) is 0.967. The molecule has 0 saturated carbocycles. The van der Waals surface area contributed by atoms with E-state index in [1.165, 1.54) is 7.11 Å². The number of fused-ring (bicyclic) bond motifs is 1. The topological polar surface area (TPSA) is 54.0 Å². The van der Waals surface area contributed by atoms with E-state index in [1.54, 1.807) is 12.1 Å². The normalized spacial score (nSPS) is 12.5. The van der Waals surface area contributed by atoms with Gasteiger partial charge in [-0.25, -0.2) is 4.79 Å². The first-order chi connectivity index (χ1) is 13.8. The molecule has 0 saturated heterocycles. The van der Waals surface area contributed by atoms with Crippen LogP contribution in [0.15, 0.2) is 72.8 Å². The van der Waals surface area contributed by atoms with Gasteiger partial charge in [0.2, 0.25) is 5.75 Å². The summed E-state index contributed by atoms with van der Waals surface area (Å²) in [5.41, 5.74) is 2.14. The molecular formula is C23H20O5. The van der Waals surface area contributed by atoms with Crippen molar-refractivity contribution in [2.75, 3.05) is 20.3 Å². The maximum atomic E-state index is 13.0. The van der Waals surface area contributed by atoms with Crippen molar-refractivity contribution >= 4 is 5.97 Å². The summed E-state index contributed by atoms with van der Waals surface area (Å²) in [6.45, 7) is 0.864. The second kappa shape index (κ2) is 8.05. The van der Waals surface area contributed by atoms with Crippen molar-refractivity contribution in [1.82, 2.24) is 0 Å². The van der Waals surface area contributed by atoms with Gasteiger partial charge in [0.1, 0.15) is 13.2 Å². The first-order valence-electron chi connectivity index (χ1n) is 9.05. The standard InChI is InChI=1S/C23H20O5/c1-25-19-14-18(15-20-22(19)27-13-12-26-20)23(24)28-21(16-8-4-2-5-9-16)17-10-6-3-7-11-17/h2-11,14-15,21H,12-13H2,1H3. The van der Waals surface area contributed by atoms with Crippen molar-refractivity contribution in [1.29, 1.82) is 0 Å². The van der Waals surface area contributed by atoms with Crippen LogP contribution in [0.4, 0.5) is 0 Å². The molecule has 1 heterocycles. The molecule has 0 amide bonds. The largest absolute Gasteiger partial charge is 0.493 e. The van der Waals surface area contributed by atoms with Gasteiger partial charge in [0, 0.05) is 0 Å². The van der Waals surface area contributed by atoms with Crippen molar-refractivity contribution < 1.29 is 23.7 Å². The maximum absolute atomic E-state index is 13.0. The summed E-state index contributed by atoms with van der Waals surface area (Å²) in [5, 5.41) is 0. The van der Waals surface area contributed by atoms with Crippen LogP contribution in [0.3, 0.4) is 0 Å². The van der Waals surface area contributed by atoms with Crippen molar-refractivity contribution in [3.05, 3.63) is 89.5 Å². The lowest BCUT2D eigenvalue weighted by atomic mass is 10.0. The van der Waals surface area contributed by atoms with Crippen LogP contribution >= 0.6 is 0 Å². The summed E-state index contributed by atoms with van der Waals surface area (Å²) in [6, 6.07) is 22.6. The molecular weight excluding hydrogens is 356 g/mol. The minimum atomic E-state index is -0.519. The van der Waals surface area contributed by atoms with Crippen molar-refractivity contribution in [2.45, 2.75) is 6.10 Å². The van der Waals surface area contributed by atoms with Gasteiger partial charge < -0.3 is 18.9 Å². The van der Waals surface area contributed by atoms with Crippen LogP contribution in [0.2, 0.25) is 0 Å². The Balaban J connectivity index is 1.67. The second-order valence-corrected chi connectivity index (χ2v) is 6.31. The Bertz CT molecular complexity index is 897. The van der Waals surface area contributed by atoms with Crippen molar-refractivity contribution in [3.8, 4) is 17.2 Å². The van der Waals surface area contributed by atoms with Crippen LogP contribution in [-0.2, 0) is 4.74 Å². The molecule has 0 aliphatic carbocycles. The minimum Gasteiger partial charge on any atom is -0.493 e. The molecule has 0 fully saturated rings. The molecule has 4 rings (SSSR count). The number of ether oxygens (including phenoxy) is 4. The zero-order chi connectivity index (χ0) is 19.3. The average molecular weight is 376 g/mol. The summed E-state index contributed by atoms with van der Waals surface area (Å²) in [7, 11) is 1.53. The Hall–Kier alpha value is -3.47. The van der Waals surface area contributed by atoms with E-state index in [9.17, 15) is 4.79 Å². The number of esters is 1. The summed E-state index contributed by atoms with van der Waals surface area (Å²) in [6.07, 6.45) is -0.519. The lowest BCUT2D eigenvalue weighted by Crippen LogP contribution is -2.18. The third-order valence-electron chi connectivity index (χ3n) is 4.49. The van der Waals surface area contributed by atoms with E-state index >= 15 is 0 Å². The van der Waals surface area contributed by atoms with Crippen LogP contribution < -0.4 is 14.2 Å².